The van der Waals surface area contributed by atoms with Gasteiger partial charge in [-0.15, -0.1) is 0 Å². The molecule has 15 heavy (non-hydrogen) atoms. The molecule has 1 amide bonds. The number of carbonyl (C=O) groups is 1. The molecule has 1 unspecified atom stereocenters. The quantitative estimate of drug-likeness (QED) is 0.466. The average Bonchev–Trinajstić information content (AvgIpc) is 2.13. The third-order valence-electron chi connectivity index (χ3n) is 2.08. The van der Waals surface area contributed by atoms with Crippen LogP contribution in [0.4, 0.5) is 0 Å². The summed E-state index contributed by atoms with van der Waals surface area (Å²) in [5.74, 6) is -0.238. The lowest BCUT2D eigenvalue weighted by Gasteiger charge is -2.21. The van der Waals surface area contributed by atoms with Gasteiger partial charge < -0.3 is 16.4 Å². The average molecular weight is 231 g/mol. The number of nitrogens with one attached hydrogen (secondary N) is 2. The van der Waals surface area contributed by atoms with Gasteiger partial charge in [0.2, 0.25) is 5.91 Å². The second kappa shape index (κ2) is 7.45. The summed E-state index contributed by atoms with van der Waals surface area (Å²) >= 11 is 5.05. The Bertz CT molecular complexity index is 219. The molecule has 0 aliphatic rings. The first-order valence-corrected chi connectivity index (χ1v) is 5.73. The van der Waals surface area contributed by atoms with Crippen LogP contribution in [0.25, 0.3) is 0 Å². The lowest BCUT2D eigenvalue weighted by molar-refractivity contribution is -0.120. The molecule has 0 aromatic rings. The fourth-order valence-corrected chi connectivity index (χ4v) is 1.37. The first-order chi connectivity index (χ1) is 6.99. The Kier molecular flexibility index (Phi) is 7.03. The monoisotopic (exact) mass is 231 g/mol. The van der Waals surface area contributed by atoms with Crippen molar-refractivity contribution in [3.63, 3.8) is 0 Å². The van der Waals surface area contributed by atoms with Crippen molar-refractivity contribution in [3.05, 3.63) is 0 Å². The van der Waals surface area contributed by atoms with Gasteiger partial charge in [0.05, 0.1) is 0 Å². The predicted molar refractivity (Wildman–Crippen MR) is 66.5 cm³/mol. The van der Waals surface area contributed by atoms with Gasteiger partial charge in [-0.25, -0.2) is 0 Å². The Labute approximate surface area is 97.0 Å². The zero-order valence-corrected chi connectivity index (χ0v) is 10.5. The Morgan fingerprint density at radius 2 is 2.07 bits per heavy atom. The van der Waals surface area contributed by atoms with E-state index in [0.29, 0.717) is 5.11 Å². The van der Waals surface area contributed by atoms with Gasteiger partial charge >= 0.3 is 0 Å². The standard InChI is InChI=1S/C10H21N3OS/c1-4-5-6-12-10(15)13-8(7(2)3)9(11)14/h7-8H,4-6H2,1-3H3,(H2,11,14)(H2,12,13,15). The molecule has 0 aromatic heterocycles. The van der Waals surface area contributed by atoms with Crippen molar-refractivity contribution in [1.29, 1.82) is 0 Å². The highest BCUT2D eigenvalue weighted by molar-refractivity contribution is 7.80. The summed E-state index contributed by atoms with van der Waals surface area (Å²) in [7, 11) is 0. The van der Waals surface area contributed by atoms with Gasteiger partial charge in [-0.2, -0.15) is 0 Å². The summed E-state index contributed by atoms with van der Waals surface area (Å²) < 4.78 is 0. The molecule has 5 heteroatoms. The fourth-order valence-electron chi connectivity index (χ4n) is 1.14. The molecule has 0 aliphatic carbocycles. The summed E-state index contributed by atoms with van der Waals surface area (Å²) in [4.78, 5) is 11.1. The van der Waals surface area contributed by atoms with Crippen molar-refractivity contribution in [2.45, 2.75) is 39.7 Å². The van der Waals surface area contributed by atoms with E-state index in [1.165, 1.54) is 0 Å². The molecule has 0 radical (unpaired) electrons. The minimum Gasteiger partial charge on any atom is -0.368 e. The molecular formula is C10H21N3OS. The van der Waals surface area contributed by atoms with E-state index in [1.807, 2.05) is 13.8 Å². The largest absolute Gasteiger partial charge is 0.368 e. The molecule has 4 nitrogen and oxygen atoms in total. The van der Waals surface area contributed by atoms with Crippen molar-refractivity contribution in [2.24, 2.45) is 11.7 Å². The van der Waals surface area contributed by atoms with E-state index in [2.05, 4.69) is 17.6 Å². The molecule has 88 valence electrons. The second-order valence-electron chi connectivity index (χ2n) is 3.88. The van der Waals surface area contributed by atoms with Crippen molar-refractivity contribution in [2.75, 3.05) is 6.54 Å². The van der Waals surface area contributed by atoms with Gasteiger partial charge in [0.25, 0.3) is 0 Å². The molecule has 4 N–H and O–H groups in total. The molecule has 1 atom stereocenters. The number of carbonyl (C=O) groups excluding carboxylic acids is 1. The van der Waals surface area contributed by atoms with Crippen LogP contribution in [-0.2, 0) is 4.79 Å². The number of thiocarbonyl (C=S) groups is 1. The van der Waals surface area contributed by atoms with Gasteiger partial charge in [0.1, 0.15) is 6.04 Å². The first-order valence-electron chi connectivity index (χ1n) is 5.32. The number of hydrogen-bond acceptors (Lipinski definition) is 2. The zero-order valence-electron chi connectivity index (χ0n) is 9.67. The van der Waals surface area contributed by atoms with E-state index in [1.54, 1.807) is 0 Å². The maximum atomic E-state index is 11.1. The van der Waals surface area contributed by atoms with Crippen LogP contribution in [0.2, 0.25) is 0 Å². The first kappa shape index (κ1) is 14.2. The van der Waals surface area contributed by atoms with E-state index in [4.69, 9.17) is 18.0 Å². The Morgan fingerprint density at radius 1 is 1.47 bits per heavy atom. The van der Waals surface area contributed by atoms with Gasteiger partial charge in [-0.1, -0.05) is 27.2 Å². The molecule has 0 fully saturated rings. The van der Waals surface area contributed by atoms with Gasteiger partial charge in [-0.3, -0.25) is 4.79 Å². The van der Waals surface area contributed by atoms with Crippen molar-refractivity contribution >= 4 is 23.2 Å². The minimum atomic E-state index is -0.397. The van der Waals surface area contributed by atoms with Crippen molar-refractivity contribution < 1.29 is 4.79 Å². The highest BCUT2D eigenvalue weighted by Crippen LogP contribution is 2.00. The summed E-state index contributed by atoms with van der Waals surface area (Å²) in [5.41, 5.74) is 5.25. The van der Waals surface area contributed by atoms with Crippen LogP contribution in [0.1, 0.15) is 33.6 Å². The van der Waals surface area contributed by atoms with Crippen molar-refractivity contribution in [1.82, 2.24) is 10.6 Å². The molecule has 0 rings (SSSR count). The van der Waals surface area contributed by atoms with Crippen LogP contribution in [0, 0.1) is 5.92 Å². The molecule has 0 saturated heterocycles. The Morgan fingerprint density at radius 3 is 2.47 bits per heavy atom. The minimum absolute atomic E-state index is 0.133. The summed E-state index contributed by atoms with van der Waals surface area (Å²) in [6.07, 6.45) is 2.17. The highest BCUT2D eigenvalue weighted by Gasteiger charge is 2.19. The molecular weight excluding hydrogens is 210 g/mol. The zero-order chi connectivity index (χ0) is 11.8. The van der Waals surface area contributed by atoms with Crippen LogP contribution < -0.4 is 16.4 Å². The summed E-state index contributed by atoms with van der Waals surface area (Å²) in [6, 6.07) is -0.397. The van der Waals surface area contributed by atoms with Gasteiger partial charge in [0, 0.05) is 6.54 Å². The second-order valence-corrected chi connectivity index (χ2v) is 4.29. The van der Waals surface area contributed by atoms with Crippen LogP contribution in [0.3, 0.4) is 0 Å². The normalized spacial score (nSPS) is 12.3. The van der Waals surface area contributed by atoms with E-state index in [9.17, 15) is 4.79 Å². The lowest BCUT2D eigenvalue weighted by atomic mass is 10.0. The van der Waals surface area contributed by atoms with E-state index >= 15 is 0 Å². The molecule has 0 spiro atoms. The Balaban J connectivity index is 3.95. The van der Waals surface area contributed by atoms with Crippen molar-refractivity contribution in [3.8, 4) is 0 Å². The molecule has 0 heterocycles. The van der Waals surface area contributed by atoms with Crippen LogP contribution in [0.15, 0.2) is 0 Å². The van der Waals surface area contributed by atoms with Gasteiger partial charge in [0.15, 0.2) is 5.11 Å². The number of rotatable bonds is 6. The lowest BCUT2D eigenvalue weighted by Crippen LogP contribution is -2.51. The summed E-state index contributed by atoms with van der Waals surface area (Å²) in [5, 5.41) is 6.46. The molecule has 0 bridgehead atoms. The predicted octanol–water partition coefficient (Wildman–Crippen LogP) is 0.760. The summed E-state index contributed by atoms with van der Waals surface area (Å²) in [6.45, 7) is 6.79. The Hall–Kier alpha value is -0.840. The highest BCUT2D eigenvalue weighted by atomic mass is 32.1. The van der Waals surface area contributed by atoms with E-state index < -0.39 is 6.04 Å². The molecule has 0 aliphatic heterocycles. The third-order valence-corrected chi connectivity index (χ3v) is 2.34. The van der Waals surface area contributed by atoms with E-state index in [0.717, 1.165) is 19.4 Å². The topological polar surface area (TPSA) is 67.2 Å². The SMILES string of the molecule is CCCCNC(=S)NC(C(N)=O)C(C)C. The third kappa shape index (κ3) is 6.28. The molecule has 0 saturated carbocycles. The number of primary amides is 1. The smallest absolute Gasteiger partial charge is 0.240 e. The fraction of sp³-hybridized carbons (Fsp3) is 0.800. The van der Waals surface area contributed by atoms with Crippen LogP contribution in [0.5, 0.6) is 0 Å². The maximum absolute atomic E-state index is 11.1. The van der Waals surface area contributed by atoms with Crippen LogP contribution in [-0.4, -0.2) is 23.6 Å². The number of nitrogens with two attached hydrogens (primary N) is 1. The number of amides is 1. The van der Waals surface area contributed by atoms with E-state index in [-0.39, 0.29) is 11.8 Å². The molecule has 0 aromatic carbocycles. The number of unbranched alkanes of at least 4 members (excludes halogenated alkanes) is 1. The maximum Gasteiger partial charge on any atom is 0.240 e. The number of hydrogen-bond donors (Lipinski definition) is 3. The van der Waals surface area contributed by atoms with Gasteiger partial charge in [-0.05, 0) is 24.6 Å². The van der Waals surface area contributed by atoms with Crippen LogP contribution >= 0.6 is 12.2 Å².